The molecule has 0 saturated heterocycles. The van der Waals surface area contributed by atoms with Gasteiger partial charge in [0.05, 0.1) is 30.4 Å². The van der Waals surface area contributed by atoms with Gasteiger partial charge in [-0.3, -0.25) is 9.52 Å². The van der Waals surface area contributed by atoms with Crippen LogP contribution in [0, 0.1) is 0 Å². The Hall–Kier alpha value is -2.45. The molecule has 27 heavy (non-hydrogen) atoms. The summed E-state index contributed by atoms with van der Waals surface area (Å²) in [4.78, 5) is 12.3. The second-order valence-electron chi connectivity index (χ2n) is 5.94. The van der Waals surface area contributed by atoms with Crippen LogP contribution in [-0.2, 0) is 10.0 Å². The van der Waals surface area contributed by atoms with Gasteiger partial charge in [-0.2, -0.15) is 0 Å². The topological polar surface area (TPSA) is 93.7 Å². The first kappa shape index (κ1) is 20.9. The lowest BCUT2D eigenvalue weighted by Crippen LogP contribution is -2.30. The number of halogens is 1. The van der Waals surface area contributed by atoms with Crippen molar-refractivity contribution in [2.24, 2.45) is 0 Å². The quantitative estimate of drug-likeness (QED) is 0.727. The monoisotopic (exact) mass is 412 g/mol. The lowest BCUT2D eigenvalue weighted by Gasteiger charge is -2.15. The van der Waals surface area contributed by atoms with Crippen LogP contribution in [0.4, 0.5) is 5.69 Å². The molecule has 7 nitrogen and oxygen atoms in total. The van der Waals surface area contributed by atoms with Crippen LogP contribution in [0.2, 0.25) is 5.02 Å². The summed E-state index contributed by atoms with van der Waals surface area (Å²) in [5, 5.41) is 3.06. The molecule has 0 aliphatic carbocycles. The van der Waals surface area contributed by atoms with Gasteiger partial charge < -0.3 is 14.8 Å². The van der Waals surface area contributed by atoms with Gasteiger partial charge in [-0.15, -0.1) is 0 Å². The van der Waals surface area contributed by atoms with Crippen LogP contribution < -0.4 is 19.5 Å². The van der Waals surface area contributed by atoms with E-state index >= 15 is 0 Å². The van der Waals surface area contributed by atoms with Crippen LogP contribution in [-0.4, -0.2) is 34.6 Å². The fourth-order valence-electron chi connectivity index (χ4n) is 2.34. The first-order valence-electron chi connectivity index (χ1n) is 8.03. The number of benzene rings is 2. The number of hydrogen-bond acceptors (Lipinski definition) is 5. The maximum Gasteiger partial charge on any atom is 0.262 e. The van der Waals surface area contributed by atoms with Gasteiger partial charge in [0, 0.05) is 11.1 Å². The van der Waals surface area contributed by atoms with Crippen molar-refractivity contribution >= 4 is 33.2 Å². The van der Waals surface area contributed by atoms with Crippen molar-refractivity contribution < 1.29 is 22.7 Å². The number of carbonyl (C=O) groups excluding carboxylic acids is 1. The summed E-state index contributed by atoms with van der Waals surface area (Å²) in [7, 11) is -1.17. The number of anilines is 1. The predicted molar refractivity (Wildman–Crippen MR) is 104 cm³/mol. The first-order valence-corrected chi connectivity index (χ1v) is 9.89. The molecule has 2 rings (SSSR count). The van der Waals surface area contributed by atoms with E-state index in [-0.39, 0.29) is 27.9 Å². The van der Waals surface area contributed by atoms with Gasteiger partial charge in [0.2, 0.25) is 0 Å². The molecule has 0 aliphatic heterocycles. The molecule has 0 heterocycles. The van der Waals surface area contributed by atoms with Gasteiger partial charge >= 0.3 is 0 Å². The lowest BCUT2D eigenvalue weighted by atomic mass is 10.2. The molecule has 0 fully saturated rings. The van der Waals surface area contributed by atoms with E-state index in [2.05, 4.69) is 10.0 Å². The Balaban J connectivity index is 2.44. The molecule has 2 N–H and O–H groups in total. The van der Waals surface area contributed by atoms with E-state index in [9.17, 15) is 13.2 Å². The van der Waals surface area contributed by atoms with Crippen LogP contribution >= 0.6 is 11.6 Å². The Morgan fingerprint density at radius 3 is 2.26 bits per heavy atom. The van der Waals surface area contributed by atoms with E-state index in [4.69, 9.17) is 21.1 Å². The minimum atomic E-state index is -4.00. The Kier molecular flexibility index (Phi) is 6.56. The molecule has 1 amide bonds. The second-order valence-corrected chi connectivity index (χ2v) is 8.06. The Morgan fingerprint density at radius 2 is 1.67 bits per heavy atom. The SMILES string of the molecule is COc1ccc(Cl)cc1NS(=O)(=O)c1ccc(OC)c(C(=O)NC(C)C)c1. The molecule has 0 saturated carbocycles. The molecular formula is C18H21ClN2O5S. The number of hydrogen-bond donors (Lipinski definition) is 2. The maximum absolute atomic E-state index is 12.8. The molecule has 0 radical (unpaired) electrons. The molecule has 0 bridgehead atoms. The molecule has 9 heteroatoms. The summed E-state index contributed by atoms with van der Waals surface area (Å²) in [6.45, 7) is 3.61. The van der Waals surface area contributed by atoms with Gasteiger partial charge in [-0.25, -0.2) is 8.42 Å². The Bertz CT molecular complexity index is 945. The van der Waals surface area contributed by atoms with Gasteiger partial charge in [0.25, 0.3) is 15.9 Å². The minimum Gasteiger partial charge on any atom is -0.496 e. The molecule has 0 spiro atoms. The van der Waals surface area contributed by atoms with E-state index in [1.807, 2.05) is 0 Å². The number of ether oxygens (including phenoxy) is 2. The van der Waals surface area contributed by atoms with E-state index < -0.39 is 15.9 Å². The van der Waals surface area contributed by atoms with Crippen LogP contribution in [0.25, 0.3) is 0 Å². The van der Waals surface area contributed by atoms with Crippen molar-refractivity contribution in [3.63, 3.8) is 0 Å². The minimum absolute atomic E-state index is 0.0979. The molecule has 0 unspecified atom stereocenters. The van der Waals surface area contributed by atoms with Crippen LogP contribution in [0.15, 0.2) is 41.3 Å². The zero-order valence-corrected chi connectivity index (χ0v) is 16.9. The number of amides is 1. The molecular weight excluding hydrogens is 392 g/mol. The van der Waals surface area contributed by atoms with E-state index in [1.54, 1.807) is 26.0 Å². The van der Waals surface area contributed by atoms with Crippen molar-refractivity contribution in [3.05, 3.63) is 47.0 Å². The molecule has 0 atom stereocenters. The fraction of sp³-hybridized carbons (Fsp3) is 0.278. The smallest absolute Gasteiger partial charge is 0.262 e. The third-order valence-electron chi connectivity index (χ3n) is 3.55. The zero-order valence-electron chi connectivity index (χ0n) is 15.4. The summed E-state index contributed by atoms with van der Waals surface area (Å²) < 4.78 is 38.3. The van der Waals surface area contributed by atoms with Crippen molar-refractivity contribution in [1.29, 1.82) is 0 Å². The molecule has 146 valence electrons. The molecule has 0 aliphatic rings. The van der Waals surface area contributed by atoms with Gasteiger partial charge in [-0.1, -0.05) is 11.6 Å². The highest BCUT2D eigenvalue weighted by Gasteiger charge is 2.21. The number of carbonyl (C=O) groups is 1. The lowest BCUT2D eigenvalue weighted by molar-refractivity contribution is 0.0940. The van der Waals surface area contributed by atoms with Crippen LogP contribution in [0.1, 0.15) is 24.2 Å². The van der Waals surface area contributed by atoms with Crippen LogP contribution in [0.5, 0.6) is 11.5 Å². The molecule has 0 aromatic heterocycles. The highest BCUT2D eigenvalue weighted by atomic mass is 35.5. The number of methoxy groups -OCH3 is 2. The highest BCUT2D eigenvalue weighted by Crippen LogP contribution is 2.31. The first-order chi connectivity index (χ1) is 12.7. The normalized spacial score (nSPS) is 11.2. The summed E-state index contributed by atoms with van der Waals surface area (Å²) in [5.74, 6) is 0.154. The van der Waals surface area contributed by atoms with E-state index in [0.717, 1.165) is 0 Å². The van der Waals surface area contributed by atoms with Crippen molar-refractivity contribution in [3.8, 4) is 11.5 Å². The summed E-state index contributed by atoms with van der Waals surface area (Å²) in [6.07, 6.45) is 0. The third kappa shape index (κ3) is 5.05. The largest absolute Gasteiger partial charge is 0.496 e. The summed E-state index contributed by atoms with van der Waals surface area (Å²) in [5.41, 5.74) is 0.307. The molecule has 2 aromatic rings. The average Bonchev–Trinajstić information content (AvgIpc) is 2.60. The average molecular weight is 413 g/mol. The number of rotatable bonds is 7. The zero-order chi connectivity index (χ0) is 20.2. The van der Waals surface area contributed by atoms with E-state index in [0.29, 0.717) is 10.8 Å². The number of nitrogens with one attached hydrogen (secondary N) is 2. The third-order valence-corrected chi connectivity index (χ3v) is 5.15. The highest BCUT2D eigenvalue weighted by molar-refractivity contribution is 7.92. The van der Waals surface area contributed by atoms with Gasteiger partial charge in [-0.05, 0) is 50.2 Å². The van der Waals surface area contributed by atoms with Crippen LogP contribution in [0.3, 0.4) is 0 Å². The second kappa shape index (κ2) is 8.49. The van der Waals surface area contributed by atoms with Gasteiger partial charge in [0.15, 0.2) is 0 Å². The summed E-state index contributed by atoms with van der Waals surface area (Å²) >= 11 is 5.94. The van der Waals surface area contributed by atoms with E-state index in [1.165, 1.54) is 38.5 Å². The molecule has 2 aromatic carbocycles. The van der Waals surface area contributed by atoms with Crippen molar-refractivity contribution in [2.45, 2.75) is 24.8 Å². The van der Waals surface area contributed by atoms with Crippen molar-refractivity contribution in [2.75, 3.05) is 18.9 Å². The summed E-state index contributed by atoms with van der Waals surface area (Å²) in [6, 6.07) is 8.50. The van der Waals surface area contributed by atoms with Gasteiger partial charge in [0.1, 0.15) is 11.5 Å². The van der Waals surface area contributed by atoms with Crippen molar-refractivity contribution in [1.82, 2.24) is 5.32 Å². The standard InChI is InChI=1S/C18H21ClN2O5S/c1-11(2)20-18(22)14-10-13(6-8-16(14)25-3)27(23,24)21-15-9-12(19)5-7-17(15)26-4/h5-11,21H,1-4H3,(H,20,22). The Labute approximate surface area is 163 Å². The number of sulfonamides is 1. The maximum atomic E-state index is 12.8. The predicted octanol–water partition coefficient (Wildman–Crippen LogP) is 3.30. The Morgan fingerprint density at radius 1 is 1.04 bits per heavy atom. The fourth-order valence-corrected chi connectivity index (χ4v) is 3.59.